The Balaban J connectivity index is 1.84. The van der Waals surface area contributed by atoms with Crippen molar-refractivity contribution in [1.82, 2.24) is 14.7 Å². The molecule has 1 aromatic carbocycles. The molecular formula is C19H22N4O4. The van der Waals surface area contributed by atoms with Gasteiger partial charge >= 0.3 is 5.97 Å². The summed E-state index contributed by atoms with van der Waals surface area (Å²) in [6, 6.07) is 4.30. The Kier molecular flexibility index (Phi) is 4.98. The lowest BCUT2D eigenvalue weighted by Gasteiger charge is -2.37. The van der Waals surface area contributed by atoms with Gasteiger partial charge in [-0.05, 0) is 37.1 Å². The van der Waals surface area contributed by atoms with Crippen molar-refractivity contribution in [3.63, 3.8) is 0 Å². The number of aromatic carboxylic acids is 1. The summed E-state index contributed by atoms with van der Waals surface area (Å²) in [6.45, 7) is 1.69. The molecule has 8 nitrogen and oxygen atoms in total. The summed E-state index contributed by atoms with van der Waals surface area (Å²) in [6.07, 6.45) is 4.24. The summed E-state index contributed by atoms with van der Waals surface area (Å²) in [4.78, 5) is 37.9. The second kappa shape index (κ2) is 7.22. The van der Waals surface area contributed by atoms with Crippen LogP contribution >= 0.6 is 0 Å². The van der Waals surface area contributed by atoms with Crippen molar-refractivity contribution < 1.29 is 19.5 Å². The molecule has 0 radical (unpaired) electrons. The highest BCUT2D eigenvalue weighted by atomic mass is 16.4. The quantitative estimate of drug-likeness (QED) is 0.856. The SMILES string of the molecule is Cc1cc(NC(=O)C2CCC(=O)N(C)C2c2cnn(C)c2)ccc1C(=O)O. The van der Waals surface area contributed by atoms with Crippen LogP contribution in [0.25, 0.3) is 0 Å². The van der Waals surface area contributed by atoms with Crippen LogP contribution in [-0.2, 0) is 16.6 Å². The van der Waals surface area contributed by atoms with E-state index in [4.69, 9.17) is 5.11 Å². The second-order valence-corrected chi connectivity index (χ2v) is 6.87. The number of aryl methyl sites for hydroxylation is 2. The first-order chi connectivity index (χ1) is 12.8. The first-order valence-corrected chi connectivity index (χ1v) is 8.67. The number of aromatic nitrogens is 2. The van der Waals surface area contributed by atoms with Crippen LogP contribution in [0.3, 0.4) is 0 Å². The zero-order valence-electron chi connectivity index (χ0n) is 15.5. The number of carboxylic acid groups (broad SMARTS) is 1. The van der Waals surface area contributed by atoms with E-state index < -0.39 is 11.9 Å². The number of likely N-dealkylation sites (tertiary alicyclic amines) is 1. The van der Waals surface area contributed by atoms with Gasteiger partial charge < -0.3 is 15.3 Å². The second-order valence-electron chi connectivity index (χ2n) is 6.87. The fourth-order valence-corrected chi connectivity index (χ4v) is 3.58. The number of nitrogens with zero attached hydrogens (tertiary/aromatic N) is 3. The van der Waals surface area contributed by atoms with Crippen LogP contribution in [0.2, 0.25) is 0 Å². The van der Waals surface area contributed by atoms with Gasteiger partial charge in [-0.25, -0.2) is 4.79 Å². The van der Waals surface area contributed by atoms with Gasteiger partial charge in [-0.3, -0.25) is 14.3 Å². The third-order valence-electron chi connectivity index (χ3n) is 4.99. The third-order valence-corrected chi connectivity index (χ3v) is 4.99. The first kappa shape index (κ1) is 18.6. The van der Waals surface area contributed by atoms with Crippen molar-refractivity contribution in [1.29, 1.82) is 0 Å². The standard InChI is InChI=1S/C19H22N4O4/c1-11-8-13(4-5-14(11)19(26)27)21-18(25)15-6-7-16(24)23(3)17(15)12-9-20-22(2)10-12/h4-5,8-10,15,17H,6-7H2,1-3H3,(H,21,25)(H,26,27). The monoisotopic (exact) mass is 370 g/mol. The van der Waals surface area contributed by atoms with Crippen molar-refractivity contribution in [2.24, 2.45) is 13.0 Å². The maximum absolute atomic E-state index is 12.9. The van der Waals surface area contributed by atoms with Gasteiger partial charge in [-0.1, -0.05) is 0 Å². The molecule has 2 unspecified atom stereocenters. The lowest BCUT2D eigenvalue weighted by molar-refractivity contribution is -0.140. The average Bonchev–Trinajstić information content (AvgIpc) is 3.02. The van der Waals surface area contributed by atoms with Crippen molar-refractivity contribution in [3.8, 4) is 0 Å². The fourth-order valence-electron chi connectivity index (χ4n) is 3.58. The lowest BCUT2D eigenvalue weighted by atomic mass is 9.85. The van der Waals surface area contributed by atoms with E-state index in [9.17, 15) is 14.4 Å². The normalized spacial score (nSPS) is 19.8. The number of carbonyl (C=O) groups excluding carboxylic acids is 2. The first-order valence-electron chi connectivity index (χ1n) is 8.67. The highest BCUT2D eigenvalue weighted by Crippen LogP contribution is 2.36. The lowest BCUT2D eigenvalue weighted by Crippen LogP contribution is -2.44. The number of nitrogens with one attached hydrogen (secondary N) is 1. The molecule has 8 heteroatoms. The number of carbonyl (C=O) groups is 3. The molecular weight excluding hydrogens is 348 g/mol. The minimum absolute atomic E-state index is 0.00504. The number of piperidine rings is 1. The molecule has 2 atom stereocenters. The van der Waals surface area contributed by atoms with E-state index in [1.807, 2.05) is 6.20 Å². The molecule has 1 aromatic heterocycles. The van der Waals surface area contributed by atoms with E-state index in [1.165, 1.54) is 6.07 Å². The van der Waals surface area contributed by atoms with Crippen LogP contribution in [0, 0.1) is 12.8 Å². The van der Waals surface area contributed by atoms with Crippen LogP contribution < -0.4 is 5.32 Å². The number of carboxylic acids is 1. The third kappa shape index (κ3) is 3.69. The number of hydrogen-bond donors (Lipinski definition) is 2. The molecule has 0 bridgehead atoms. The molecule has 1 aliphatic heterocycles. The van der Waals surface area contributed by atoms with Gasteiger partial charge in [0.1, 0.15) is 0 Å². The Labute approximate surface area is 156 Å². The van der Waals surface area contributed by atoms with E-state index in [1.54, 1.807) is 48.9 Å². The van der Waals surface area contributed by atoms with Crippen molar-refractivity contribution in [2.45, 2.75) is 25.8 Å². The molecule has 2 amide bonds. The zero-order chi connectivity index (χ0) is 19.7. The highest BCUT2D eigenvalue weighted by molar-refractivity contribution is 5.96. The van der Waals surface area contributed by atoms with Crippen molar-refractivity contribution in [2.75, 3.05) is 12.4 Å². The van der Waals surface area contributed by atoms with Gasteiger partial charge in [0.15, 0.2) is 0 Å². The Morgan fingerprint density at radius 1 is 1.30 bits per heavy atom. The number of amides is 2. The summed E-state index contributed by atoms with van der Waals surface area (Å²) >= 11 is 0. The van der Waals surface area contributed by atoms with Crippen LogP contribution in [0.1, 0.15) is 40.4 Å². The summed E-state index contributed by atoms with van der Waals surface area (Å²) in [7, 11) is 3.49. The molecule has 27 heavy (non-hydrogen) atoms. The van der Waals surface area contributed by atoms with E-state index in [-0.39, 0.29) is 23.4 Å². The minimum atomic E-state index is -1.01. The predicted molar refractivity (Wildman–Crippen MR) is 98.2 cm³/mol. The maximum Gasteiger partial charge on any atom is 0.335 e. The van der Waals surface area contributed by atoms with E-state index >= 15 is 0 Å². The molecule has 0 aliphatic carbocycles. The number of anilines is 1. The van der Waals surface area contributed by atoms with Gasteiger partial charge in [-0.15, -0.1) is 0 Å². The predicted octanol–water partition coefficient (Wildman–Crippen LogP) is 1.97. The van der Waals surface area contributed by atoms with Crippen LogP contribution in [0.5, 0.6) is 0 Å². The van der Waals surface area contributed by atoms with Gasteiger partial charge in [0.05, 0.1) is 23.7 Å². The molecule has 1 aliphatic rings. The molecule has 3 rings (SSSR count). The molecule has 1 fully saturated rings. The fraction of sp³-hybridized carbons (Fsp3) is 0.368. The van der Waals surface area contributed by atoms with Crippen LogP contribution in [0.15, 0.2) is 30.6 Å². The van der Waals surface area contributed by atoms with Gasteiger partial charge in [-0.2, -0.15) is 5.10 Å². The van der Waals surface area contributed by atoms with Crippen LogP contribution in [0.4, 0.5) is 5.69 Å². The van der Waals surface area contributed by atoms with Gasteiger partial charge in [0.2, 0.25) is 11.8 Å². The zero-order valence-corrected chi connectivity index (χ0v) is 15.5. The van der Waals surface area contributed by atoms with Crippen molar-refractivity contribution in [3.05, 3.63) is 47.3 Å². The van der Waals surface area contributed by atoms with E-state index in [0.29, 0.717) is 24.1 Å². The highest BCUT2D eigenvalue weighted by Gasteiger charge is 2.39. The van der Waals surface area contributed by atoms with Crippen LogP contribution in [-0.4, -0.2) is 44.6 Å². The molecule has 0 saturated carbocycles. The molecule has 2 heterocycles. The molecule has 1 saturated heterocycles. The number of hydrogen-bond acceptors (Lipinski definition) is 4. The van der Waals surface area contributed by atoms with Gasteiger partial charge in [0, 0.05) is 38.0 Å². The van der Waals surface area contributed by atoms with Crippen molar-refractivity contribution >= 4 is 23.5 Å². The Morgan fingerprint density at radius 3 is 2.63 bits per heavy atom. The Hall–Kier alpha value is -3.16. The topological polar surface area (TPSA) is 105 Å². The maximum atomic E-state index is 12.9. The molecule has 142 valence electrons. The largest absolute Gasteiger partial charge is 0.478 e. The molecule has 2 N–H and O–H groups in total. The summed E-state index contributed by atoms with van der Waals surface area (Å²) in [5, 5.41) is 16.1. The van der Waals surface area contributed by atoms with E-state index in [2.05, 4.69) is 10.4 Å². The van der Waals surface area contributed by atoms with E-state index in [0.717, 1.165) is 5.56 Å². The summed E-state index contributed by atoms with van der Waals surface area (Å²) in [5.41, 5.74) is 2.11. The average molecular weight is 370 g/mol. The molecule has 0 spiro atoms. The number of benzene rings is 1. The smallest absolute Gasteiger partial charge is 0.335 e. The Bertz CT molecular complexity index is 905. The summed E-state index contributed by atoms with van der Waals surface area (Å²) in [5.74, 6) is -1.63. The van der Waals surface area contributed by atoms with Gasteiger partial charge in [0.25, 0.3) is 0 Å². The Morgan fingerprint density at radius 2 is 2.04 bits per heavy atom. The molecule has 2 aromatic rings. The number of rotatable bonds is 4. The summed E-state index contributed by atoms with van der Waals surface area (Å²) < 4.78 is 1.64. The minimum Gasteiger partial charge on any atom is -0.478 e.